The van der Waals surface area contributed by atoms with Crippen molar-refractivity contribution in [3.05, 3.63) is 81.2 Å². The van der Waals surface area contributed by atoms with Gasteiger partial charge in [0.1, 0.15) is 5.82 Å². The van der Waals surface area contributed by atoms with E-state index in [-0.39, 0.29) is 11.3 Å². The molecule has 0 N–H and O–H groups in total. The number of ketones is 1. The number of halogens is 1. The van der Waals surface area contributed by atoms with E-state index in [4.69, 9.17) is 0 Å². The Hall–Kier alpha value is -2.82. The maximum atomic E-state index is 13.5. The smallest absolute Gasteiger partial charge is 0.273 e. The van der Waals surface area contributed by atoms with Crippen LogP contribution in [0, 0.1) is 15.9 Å². The molecule has 2 rings (SSSR count). The Morgan fingerprint density at radius 1 is 1.27 bits per heavy atom. The van der Waals surface area contributed by atoms with Gasteiger partial charge in [-0.1, -0.05) is 37.3 Å². The average Bonchev–Trinajstić information content (AvgIpc) is 2.52. The van der Waals surface area contributed by atoms with Crippen molar-refractivity contribution in [1.82, 2.24) is 0 Å². The van der Waals surface area contributed by atoms with Crippen LogP contribution in [-0.4, -0.2) is 10.7 Å². The molecule has 0 amide bonds. The maximum absolute atomic E-state index is 13.5. The lowest BCUT2D eigenvalue weighted by molar-refractivity contribution is -0.385. The number of aryl methyl sites for hydroxylation is 1. The third-order valence-electron chi connectivity index (χ3n) is 3.25. The van der Waals surface area contributed by atoms with Crippen molar-refractivity contribution in [1.29, 1.82) is 0 Å². The Labute approximate surface area is 127 Å². The summed E-state index contributed by atoms with van der Waals surface area (Å²) in [6.07, 6.45) is 3.21. The summed E-state index contributed by atoms with van der Waals surface area (Å²) in [5, 5.41) is 11.0. The highest BCUT2D eigenvalue weighted by molar-refractivity contribution is 6.07. The van der Waals surface area contributed by atoms with Gasteiger partial charge < -0.3 is 0 Å². The molecule has 0 atom stereocenters. The SMILES string of the molecule is CCc1ccc(/C=C/C(=O)c2ccccc2F)cc1[N+](=O)[O-]. The van der Waals surface area contributed by atoms with Gasteiger partial charge in [0, 0.05) is 11.6 Å². The van der Waals surface area contributed by atoms with Gasteiger partial charge in [-0.15, -0.1) is 0 Å². The van der Waals surface area contributed by atoms with E-state index in [0.29, 0.717) is 17.5 Å². The number of allylic oxidation sites excluding steroid dienone is 1. The van der Waals surface area contributed by atoms with E-state index in [0.717, 1.165) is 0 Å². The van der Waals surface area contributed by atoms with Gasteiger partial charge in [-0.05, 0) is 30.2 Å². The van der Waals surface area contributed by atoms with Crippen LogP contribution in [0.1, 0.15) is 28.4 Å². The number of nitro benzene ring substituents is 1. The number of carbonyl (C=O) groups is 1. The molecule has 0 aliphatic rings. The minimum Gasteiger partial charge on any atom is -0.289 e. The monoisotopic (exact) mass is 299 g/mol. The standard InChI is InChI=1S/C17H14FNO3/c1-2-13-9-7-12(11-16(13)19(21)22)8-10-17(20)14-5-3-4-6-15(14)18/h3-11H,2H2,1H3/b10-8+. The van der Waals surface area contributed by atoms with Crippen molar-refractivity contribution in [2.75, 3.05) is 0 Å². The highest BCUT2D eigenvalue weighted by Crippen LogP contribution is 2.21. The molecule has 5 heteroatoms. The fourth-order valence-corrected chi connectivity index (χ4v) is 2.08. The van der Waals surface area contributed by atoms with Gasteiger partial charge in [0.2, 0.25) is 0 Å². The number of carbonyl (C=O) groups excluding carboxylic acids is 1. The number of hydrogen-bond acceptors (Lipinski definition) is 3. The highest BCUT2D eigenvalue weighted by atomic mass is 19.1. The van der Waals surface area contributed by atoms with Crippen LogP contribution < -0.4 is 0 Å². The summed E-state index contributed by atoms with van der Waals surface area (Å²) in [5.74, 6) is -1.08. The highest BCUT2D eigenvalue weighted by Gasteiger charge is 2.12. The Kier molecular flexibility index (Phi) is 4.78. The second-order valence-electron chi connectivity index (χ2n) is 4.68. The Balaban J connectivity index is 2.27. The number of rotatable bonds is 5. The maximum Gasteiger partial charge on any atom is 0.273 e. The van der Waals surface area contributed by atoms with Crippen LogP contribution in [-0.2, 0) is 6.42 Å². The van der Waals surface area contributed by atoms with Gasteiger partial charge in [0.25, 0.3) is 5.69 Å². The zero-order valence-corrected chi connectivity index (χ0v) is 12.0. The largest absolute Gasteiger partial charge is 0.289 e. The lowest BCUT2D eigenvalue weighted by Gasteiger charge is -2.01. The van der Waals surface area contributed by atoms with Crippen molar-refractivity contribution in [3.8, 4) is 0 Å². The minimum absolute atomic E-state index is 0.0167. The lowest BCUT2D eigenvalue weighted by Crippen LogP contribution is -1.98. The van der Waals surface area contributed by atoms with Crippen LogP contribution >= 0.6 is 0 Å². The summed E-state index contributed by atoms with van der Waals surface area (Å²) < 4.78 is 13.5. The van der Waals surface area contributed by atoms with Gasteiger partial charge in [-0.3, -0.25) is 14.9 Å². The minimum atomic E-state index is -0.593. The molecular weight excluding hydrogens is 285 g/mol. The van der Waals surface area contributed by atoms with E-state index in [1.165, 1.54) is 36.4 Å². The molecule has 0 radical (unpaired) electrons. The molecule has 0 spiro atoms. The zero-order valence-electron chi connectivity index (χ0n) is 12.0. The molecule has 0 heterocycles. The zero-order chi connectivity index (χ0) is 16.1. The lowest BCUT2D eigenvalue weighted by atomic mass is 10.1. The molecule has 4 nitrogen and oxygen atoms in total. The normalized spacial score (nSPS) is 10.8. The first kappa shape index (κ1) is 15.6. The van der Waals surface area contributed by atoms with Crippen molar-refractivity contribution in [2.24, 2.45) is 0 Å². The van der Waals surface area contributed by atoms with E-state index < -0.39 is 16.5 Å². The Morgan fingerprint density at radius 3 is 2.64 bits per heavy atom. The van der Waals surface area contributed by atoms with Gasteiger partial charge >= 0.3 is 0 Å². The first-order chi connectivity index (χ1) is 10.5. The third kappa shape index (κ3) is 3.44. The summed E-state index contributed by atoms with van der Waals surface area (Å²) in [4.78, 5) is 22.5. The molecule has 0 fully saturated rings. The van der Waals surface area contributed by atoms with Crippen molar-refractivity contribution < 1.29 is 14.1 Å². The van der Waals surface area contributed by atoms with E-state index in [1.807, 2.05) is 6.92 Å². The van der Waals surface area contributed by atoms with Crippen molar-refractivity contribution >= 4 is 17.5 Å². The van der Waals surface area contributed by atoms with Gasteiger partial charge in [0.15, 0.2) is 5.78 Å². The van der Waals surface area contributed by atoms with E-state index in [2.05, 4.69) is 0 Å². The number of benzene rings is 2. The van der Waals surface area contributed by atoms with Gasteiger partial charge in [-0.2, -0.15) is 0 Å². The number of nitro groups is 1. The quantitative estimate of drug-likeness (QED) is 0.360. The van der Waals surface area contributed by atoms with E-state index in [1.54, 1.807) is 18.2 Å². The molecule has 2 aromatic rings. The second kappa shape index (κ2) is 6.76. The molecule has 0 bridgehead atoms. The van der Waals surface area contributed by atoms with Crippen LogP contribution in [0.3, 0.4) is 0 Å². The van der Waals surface area contributed by atoms with Crippen LogP contribution in [0.2, 0.25) is 0 Å². The van der Waals surface area contributed by atoms with Gasteiger partial charge in [-0.25, -0.2) is 4.39 Å². The fourth-order valence-electron chi connectivity index (χ4n) is 2.08. The van der Waals surface area contributed by atoms with Crippen molar-refractivity contribution in [2.45, 2.75) is 13.3 Å². The molecule has 0 aromatic heterocycles. The number of nitrogens with zero attached hydrogens (tertiary/aromatic N) is 1. The summed E-state index contributed by atoms with van der Waals surface area (Å²) >= 11 is 0. The third-order valence-corrected chi connectivity index (χ3v) is 3.25. The van der Waals surface area contributed by atoms with Crippen LogP contribution in [0.25, 0.3) is 6.08 Å². The molecule has 0 aliphatic heterocycles. The van der Waals surface area contributed by atoms with Crippen LogP contribution in [0.15, 0.2) is 48.5 Å². The van der Waals surface area contributed by atoms with Crippen LogP contribution in [0.4, 0.5) is 10.1 Å². The summed E-state index contributed by atoms with van der Waals surface area (Å²) in [6, 6.07) is 10.4. The first-order valence-electron chi connectivity index (χ1n) is 6.77. The fraction of sp³-hybridized carbons (Fsp3) is 0.118. The molecule has 0 aliphatic carbocycles. The predicted octanol–water partition coefficient (Wildman–Crippen LogP) is 4.19. The van der Waals surface area contributed by atoms with Crippen LogP contribution in [0.5, 0.6) is 0 Å². The summed E-state index contributed by atoms with van der Waals surface area (Å²) in [7, 11) is 0. The predicted molar refractivity (Wildman–Crippen MR) is 82.2 cm³/mol. The Bertz CT molecular complexity index is 753. The molecule has 0 saturated carbocycles. The topological polar surface area (TPSA) is 60.2 Å². The summed E-state index contributed by atoms with van der Waals surface area (Å²) in [5.41, 5.74) is 1.14. The number of hydrogen-bond donors (Lipinski definition) is 0. The molecule has 22 heavy (non-hydrogen) atoms. The molecule has 112 valence electrons. The van der Waals surface area contributed by atoms with Gasteiger partial charge in [0.05, 0.1) is 10.5 Å². The molecular formula is C17H14FNO3. The summed E-state index contributed by atoms with van der Waals surface area (Å²) in [6.45, 7) is 1.83. The molecule has 2 aromatic carbocycles. The average molecular weight is 299 g/mol. The second-order valence-corrected chi connectivity index (χ2v) is 4.68. The van der Waals surface area contributed by atoms with Crippen molar-refractivity contribution in [3.63, 3.8) is 0 Å². The Morgan fingerprint density at radius 2 is 2.00 bits per heavy atom. The first-order valence-corrected chi connectivity index (χ1v) is 6.77. The molecule has 0 saturated heterocycles. The molecule has 0 unspecified atom stereocenters. The van der Waals surface area contributed by atoms with E-state index in [9.17, 15) is 19.3 Å². The van der Waals surface area contributed by atoms with E-state index >= 15 is 0 Å².